The Labute approximate surface area is 143 Å². The SMILES string of the molecule is CC1=Nc2ccc(-c3ccc(-c4ccccc4)cc3)cc2C1(C)C. The van der Waals surface area contributed by atoms with Gasteiger partial charge >= 0.3 is 0 Å². The second-order valence-electron chi connectivity index (χ2n) is 7.00. The van der Waals surface area contributed by atoms with Gasteiger partial charge in [-0.25, -0.2) is 0 Å². The molecular weight excluding hydrogens is 290 g/mol. The van der Waals surface area contributed by atoms with Crippen LogP contribution in [0.5, 0.6) is 0 Å². The van der Waals surface area contributed by atoms with Crippen LogP contribution in [0.15, 0.2) is 77.8 Å². The minimum Gasteiger partial charge on any atom is -0.257 e. The maximum atomic E-state index is 4.71. The lowest BCUT2D eigenvalue weighted by atomic mass is 9.81. The smallest absolute Gasteiger partial charge is 0.0671 e. The normalized spacial score (nSPS) is 15.0. The summed E-state index contributed by atoms with van der Waals surface area (Å²) in [4.78, 5) is 4.71. The second kappa shape index (κ2) is 5.45. The van der Waals surface area contributed by atoms with E-state index in [0.29, 0.717) is 0 Å². The largest absolute Gasteiger partial charge is 0.257 e. The fraction of sp³-hybridized carbons (Fsp3) is 0.174. The van der Waals surface area contributed by atoms with E-state index in [9.17, 15) is 0 Å². The van der Waals surface area contributed by atoms with Crippen molar-refractivity contribution in [2.24, 2.45) is 4.99 Å². The molecule has 3 aromatic carbocycles. The molecule has 0 N–H and O–H groups in total. The van der Waals surface area contributed by atoms with Crippen molar-refractivity contribution < 1.29 is 0 Å². The van der Waals surface area contributed by atoms with Gasteiger partial charge in [-0.1, -0.05) is 74.5 Å². The molecule has 3 aromatic rings. The van der Waals surface area contributed by atoms with Gasteiger partial charge in [0.15, 0.2) is 0 Å². The lowest BCUT2D eigenvalue weighted by molar-refractivity contribution is 0.733. The maximum absolute atomic E-state index is 4.71. The third kappa shape index (κ3) is 2.37. The molecule has 1 aliphatic heterocycles. The Morgan fingerprint density at radius 3 is 1.88 bits per heavy atom. The summed E-state index contributed by atoms with van der Waals surface area (Å²) in [6, 6.07) is 25.9. The zero-order valence-corrected chi connectivity index (χ0v) is 14.4. The average Bonchev–Trinajstić information content (AvgIpc) is 2.85. The molecule has 118 valence electrons. The van der Waals surface area contributed by atoms with Crippen molar-refractivity contribution in [2.75, 3.05) is 0 Å². The predicted molar refractivity (Wildman–Crippen MR) is 103 cm³/mol. The number of rotatable bonds is 2. The highest BCUT2D eigenvalue weighted by Gasteiger charge is 2.32. The van der Waals surface area contributed by atoms with Crippen molar-refractivity contribution in [3.05, 3.63) is 78.4 Å². The van der Waals surface area contributed by atoms with Crippen LogP contribution in [-0.4, -0.2) is 5.71 Å². The Bertz CT molecular complexity index is 916. The molecule has 0 saturated heterocycles. The summed E-state index contributed by atoms with van der Waals surface area (Å²) >= 11 is 0. The van der Waals surface area contributed by atoms with Gasteiger partial charge in [0.25, 0.3) is 0 Å². The van der Waals surface area contributed by atoms with Crippen molar-refractivity contribution in [3.63, 3.8) is 0 Å². The van der Waals surface area contributed by atoms with Crippen LogP contribution < -0.4 is 0 Å². The van der Waals surface area contributed by atoms with Crippen LogP contribution in [0.4, 0.5) is 5.69 Å². The quantitative estimate of drug-likeness (QED) is 0.519. The molecule has 4 rings (SSSR count). The zero-order chi connectivity index (χ0) is 16.7. The summed E-state index contributed by atoms with van der Waals surface area (Å²) in [5, 5.41) is 0. The topological polar surface area (TPSA) is 12.4 Å². The molecule has 0 bridgehead atoms. The molecule has 0 amide bonds. The van der Waals surface area contributed by atoms with Crippen LogP contribution in [0, 0.1) is 0 Å². The number of aliphatic imine (C=N–C) groups is 1. The zero-order valence-electron chi connectivity index (χ0n) is 14.4. The molecule has 1 nitrogen and oxygen atoms in total. The highest BCUT2D eigenvalue weighted by atomic mass is 14.8. The Kier molecular flexibility index (Phi) is 3.38. The van der Waals surface area contributed by atoms with Gasteiger partial charge in [0.05, 0.1) is 5.69 Å². The predicted octanol–water partition coefficient (Wildman–Crippen LogP) is 6.40. The van der Waals surface area contributed by atoms with E-state index in [1.807, 2.05) is 6.07 Å². The fourth-order valence-electron chi connectivity index (χ4n) is 3.31. The Hall–Kier alpha value is -2.67. The fourth-order valence-corrected chi connectivity index (χ4v) is 3.31. The van der Waals surface area contributed by atoms with Crippen LogP contribution in [0.1, 0.15) is 26.3 Å². The van der Waals surface area contributed by atoms with Gasteiger partial charge in [0.2, 0.25) is 0 Å². The average molecular weight is 311 g/mol. The molecule has 24 heavy (non-hydrogen) atoms. The first-order valence-electron chi connectivity index (χ1n) is 8.42. The van der Waals surface area contributed by atoms with E-state index < -0.39 is 0 Å². The molecule has 0 unspecified atom stereocenters. The van der Waals surface area contributed by atoms with E-state index in [4.69, 9.17) is 4.99 Å². The van der Waals surface area contributed by atoms with Crippen molar-refractivity contribution in [1.29, 1.82) is 0 Å². The Morgan fingerprint density at radius 1 is 0.667 bits per heavy atom. The van der Waals surface area contributed by atoms with Gasteiger partial charge in [-0.15, -0.1) is 0 Å². The summed E-state index contributed by atoms with van der Waals surface area (Å²) in [6.07, 6.45) is 0. The number of hydrogen-bond acceptors (Lipinski definition) is 1. The van der Waals surface area contributed by atoms with Gasteiger partial charge in [0, 0.05) is 11.1 Å². The summed E-state index contributed by atoms with van der Waals surface area (Å²) in [5.41, 5.74) is 8.66. The first kappa shape index (κ1) is 14.9. The molecule has 0 fully saturated rings. The highest BCUT2D eigenvalue weighted by molar-refractivity contribution is 6.00. The highest BCUT2D eigenvalue weighted by Crippen LogP contribution is 2.41. The van der Waals surface area contributed by atoms with E-state index in [0.717, 1.165) is 5.69 Å². The maximum Gasteiger partial charge on any atom is 0.0671 e. The van der Waals surface area contributed by atoms with Crippen molar-refractivity contribution in [2.45, 2.75) is 26.2 Å². The minimum atomic E-state index is 0.0231. The summed E-state index contributed by atoms with van der Waals surface area (Å²) in [5.74, 6) is 0. The third-order valence-corrected chi connectivity index (χ3v) is 5.19. The first-order valence-corrected chi connectivity index (χ1v) is 8.42. The molecule has 1 heteroatoms. The van der Waals surface area contributed by atoms with Crippen LogP contribution in [-0.2, 0) is 5.41 Å². The van der Waals surface area contributed by atoms with Gasteiger partial charge in [-0.05, 0) is 46.9 Å². The number of nitrogens with zero attached hydrogens (tertiary/aromatic N) is 1. The van der Waals surface area contributed by atoms with E-state index in [2.05, 4.69) is 87.5 Å². The molecule has 0 atom stereocenters. The second-order valence-corrected chi connectivity index (χ2v) is 7.00. The third-order valence-electron chi connectivity index (χ3n) is 5.19. The Morgan fingerprint density at radius 2 is 1.21 bits per heavy atom. The van der Waals surface area contributed by atoms with Crippen LogP contribution in [0.25, 0.3) is 22.3 Å². The van der Waals surface area contributed by atoms with Crippen LogP contribution in [0.3, 0.4) is 0 Å². The van der Waals surface area contributed by atoms with E-state index in [-0.39, 0.29) is 5.41 Å². The van der Waals surface area contributed by atoms with E-state index in [1.54, 1.807) is 0 Å². The lowest BCUT2D eigenvalue weighted by Gasteiger charge is -2.20. The monoisotopic (exact) mass is 311 g/mol. The lowest BCUT2D eigenvalue weighted by Crippen LogP contribution is -2.22. The summed E-state index contributed by atoms with van der Waals surface area (Å²) < 4.78 is 0. The van der Waals surface area contributed by atoms with Crippen LogP contribution in [0.2, 0.25) is 0 Å². The number of benzene rings is 3. The van der Waals surface area contributed by atoms with E-state index in [1.165, 1.54) is 33.5 Å². The molecule has 1 heterocycles. The van der Waals surface area contributed by atoms with Gasteiger partial charge in [-0.3, -0.25) is 4.99 Å². The molecular formula is C23H21N. The first-order chi connectivity index (χ1) is 11.6. The van der Waals surface area contributed by atoms with E-state index >= 15 is 0 Å². The van der Waals surface area contributed by atoms with Crippen molar-refractivity contribution in [3.8, 4) is 22.3 Å². The molecule has 0 spiro atoms. The Balaban J connectivity index is 1.70. The molecule has 0 radical (unpaired) electrons. The summed E-state index contributed by atoms with van der Waals surface area (Å²) in [6.45, 7) is 6.62. The molecule has 0 aromatic heterocycles. The molecule has 0 aliphatic carbocycles. The van der Waals surface area contributed by atoms with Crippen molar-refractivity contribution in [1.82, 2.24) is 0 Å². The standard InChI is InChI=1S/C23H21N/c1-16-23(2,3)21-15-20(13-14-22(21)24-16)19-11-9-18(10-12-19)17-7-5-4-6-8-17/h4-15H,1-3H3. The van der Waals surface area contributed by atoms with Gasteiger partial charge < -0.3 is 0 Å². The molecule has 0 saturated carbocycles. The minimum absolute atomic E-state index is 0.0231. The van der Waals surface area contributed by atoms with Gasteiger partial charge in [-0.2, -0.15) is 0 Å². The summed E-state index contributed by atoms with van der Waals surface area (Å²) in [7, 11) is 0. The van der Waals surface area contributed by atoms with Gasteiger partial charge in [0.1, 0.15) is 0 Å². The number of hydrogen-bond donors (Lipinski definition) is 0. The molecule has 1 aliphatic rings. The van der Waals surface area contributed by atoms with Crippen molar-refractivity contribution >= 4 is 11.4 Å². The number of fused-ring (bicyclic) bond motifs is 1. The van der Waals surface area contributed by atoms with Crippen LogP contribution >= 0.6 is 0 Å².